The van der Waals surface area contributed by atoms with Crippen molar-refractivity contribution in [1.29, 1.82) is 5.26 Å². The molecule has 1 N–H and O–H groups in total. The number of nitrogens with one attached hydrogen (secondary N) is 1. The SMILES string of the molecule is CCCCCN(CCCC)c1cc(C)nc(SCC(=O)NN=C(C)c2ccc(C#N)cc2)n1. The molecule has 1 aromatic carbocycles. The van der Waals surface area contributed by atoms with Gasteiger partial charge in [-0.05, 0) is 44.4 Å². The molecule has 2 rings (SSSR count). The fourth-order valence-corrected chi connectivity index (χ4v) is 3.84. The van der Waals surface area contributed by atoms with E-state index in [1.54, 1.807) is 12.1 Å². The Labute approximate surface area is 201 Å². The summed E-state index contributed by atoms with van der Waals surface area (Å²) in [5, 5.41) is 13.7. The maximum atomic E-state index is 12.3. The normalized spacial score (nSPS) is 11.2. The van der Waals surface area contributed by atoms with E-state index in [-0.39, 0.29) is 11.7 Å². The number of carbonyl (C=O) groups excluding carboxylic acids is 1. The van der Waals surface area contributed by atoms with Crippen molar-refractivity contribution in [2.24, 2.45) is 5.10 Å². The van der Waals surface area contributed by atoms with E-state index in [9.17, 15) is 4.79 Å². The van der Waals surface area contributed by atoms with Crippen molar-refractivity contribution in [3.8, 4) is 6.07 Å². The molecule has 0 bridgehead atoms. The van der Waals surface area contributed by atoms with Crippen LogP contribution < -0.4 is 10.3 Å². The van der Waals surface area contributed by atoms with Gasteiger partial charge in [-0.3, -0.25) is 4.79 Å². The number of hydrogen-bond acceptors (Lipinski definition) is 7. The Bertz CT molecular complexity index is 968. The number of aryl methyl sites for hydroxylation is 1. The van der Waals surface area contributed by atoms with Crippen LogP contribution in [0.4, 0.5) is 5.82 Å². The van der Waals surface area contributed by atoms with E-state index >= 15 is 0 Å². The second kappa shape index (κ2) is 14.3. The van der Waals surface area contributed by atoms with Crippen molar-refractivity contribution in [3.63, 3.8) is 0 Å². The molecule has 0 atom stereocenters. The Morgan fingerprint density at radius 2 is 1.82 bits per heavy atom. The van der Waals surface area contributed by atoms with Crippen LogP contribution in [0.5, 0.6) is 0 Å². The highest BCUT2D eigenvalue weighted by molar-refractivity contribution is 7.99. The summed E-state index contributed by atoms with van der Waals surface area (Å²) < 4.78 is 0. The van der Waals surface area contributed by atoms with Gasteiger partial charge >= 0.3 is 0 Å². The highest BCUT2D eigenvalue weighted by Crippen LogP contribution is 2.20. The molecule has 2 aromatic rings. The predicted molar refractivity (Wildman–Crippen MR) is 136 cm³/mol. The number of benzene rings is 1. The van der Waals surface area contributed by atoms with Gasteiger partial charge in [-0.2, -0.15) is 10.4 Å². The molecule has 0 aliphatic carbocycles. The van der Waals surface area contributed by atoms with Crippen LogP contribution in [0.3, 0.4) is 0 Å². The number of thioether (sulfide) groups is 1. The first-order chi connectivity index (χ1) is 16.0. The molecule has 33 heavy (non-hydrogen) atoms. The van der Waals surface area contributed by atoms with Gasteiger partial charge in [0.1, 0.15) is 5.82 Å². The van der Waals surface area contributed by atoms with Crippen LogP contribution in [0.2, 0.25) is 0 Å². The zero-order chi connectivity index (χ0) is 24.1. The summed E-state index contributed by atoms with van der Waals surface area (Å²) in [6.07, 6.45) is 5.80. The zero-order valence-electron chi connectivity index (χ0n) is 20.1. The Kier molecular flexibility index (Phi) is 11.4. The molecule has 7 nitrogen and oxygen atoms in total. The molecule has 8 heteroatoms. The molecule has 0 fully saturated rings. The molecule has 1 amide bonds. The first-order valence-electron chi connectivity index (χ1n) is 11.5. The second-order valence-electron chi connectivity index (χ2n) is 7.91. The number of nitriles is 1. The minimum atomic E-state index is -0.217. The minimum absolute atomic E-state index is 0.178. The van der Waals surface area contributed by atoms with E-state index in [0.29, 0.717) is 16.4 Å². The molecule has 1 aromatic heterocycles. The monoisotopic (exact) mass is 466 g/mol. The standard InChI is InChI=1S/C25H34N6OS/c1-5-7-9-15-31(14-8-6-2)23-16-19(3)27-25(28-23)33-18-24(32)30-29-20(4)22-12-10-21(17-26)11-13-22/h10-13,16H,5-9,14-15,18H2,1-4H3,(H,30,32). The van der Waals surface area contributed by atoms with Crippen molar-refractivity contribution >= 4 is 29.2 Å². The number of unbranched alkanes of at least 4 members (excludes halogenated alkanes) is 3. The number of hydrazone groups is 1. The van der Waals surface area contributed by atoms with Crippen LogP contribution in [0, 0.1) is 18.3 Å². The summed E-state index contributed by atoms with van der Waals surface area (Å²) in [6.45, 7) is 10.1. The van der Waals surface area contributed by atoms with Crippen molar-refractivity contribution in [3.05, 3.63) is 47.2 Å². The summed E-state index contributed by atoms with van der Waals surface area (Å²) in [5.41, 5.74) is 5.60. The van der Waals surface area contributed by atoms with Gasteiger partial charge in [-0.25, -0.2) is 15.4 Å². The number of anilines is 1. The van der Waals surface area contributed by atoms with Crippen LogP contribution in [0.25, 0.3) is 0 Å². The van der Waals surface area contributed by atoms with Crippen LogP contribution in [0.1, 0.15) is 69.7 Å². The summed E-state index contributed by atoms with van der Waals surface area (Å²) in [5.74, 6) is 0.896. The first kappa shape index (κ1) is 26.3. The Balaban J connectivity index is 1.98. The van der Waals surface area contributed by atoms with Crippen molar-refractivity contribution in [2.45, 2.75) is 65.0 Å². The lowest BCUT2D eigenvalue weighted by Gasteiger charge is -2.24. The first-order valence-corrected chi connectivity index (χ1v) is 12.5. The number of carbonyl (C=O) groups is 1. The third-order valence-electron chi connectivity index (χ3n) is 5.07. The summed E-state index contributed by atoms with van der Waals surface area (Å²) in [6, 6.07) is 11.2. The molecule has 176 valence electrons. The Morgan fingerprint density at radius 1 is 1.12 bits per heavy atom. The van der Waals surface area contributed by atoms with Gasteiger partial charge in [0.15, 0.2) is 5.16 Å². The number of nitrogens with zero attached hydrogens (tertiary/aromatic N) is 5. The molecule has 0 radical (unpaired) electrons. The smallest absolute Gasteiger partial charge is 0.250 e. The van der Waals surface area contributed by atoms with Gasteiger partial charge in [-0.15, -0.1) is 0 Å². The minimum Gasteiger partial charge on any atom is -0.356 e. The zero-order valence-corrected chi connectivity index (χ0v) is 20.9. The summed E-state index contributed by atoms with van der Waals surface area (Å²) in [7, 11) is 0. The van der Waals surface area contributed by atoms with E-state index < -0.39 is 0 Å². The van der Waals surface area contributed by atoms with Crippen LogP contribution in [-0.4, -0.2) is 40.4 Å². The number of hydrogen-bond donors (Lipinski definition) is 1. The van der Waals surface area contributed by atoms with E-state index in [2.05, 4.69) is 40.3 Å². The number of aromatic nitrogens is 2. The van der Waals surface area contributed by atoms with Gasteiger partial charge in [0.25, 0.3) is 5.91 Å². The third-order valence-corrected chi connectivity index (χ3v) is 5.92. The van der Waals surface area contributed by atoms with Crippen LogP contribution >= 0.6 is 11.8 Å². The molecule has 0 aliphatic rings. The van der Waals surface area contributed by atoms with E-state index in [0.717, 1.165) is 49.4 Å². The quantitative estimate of drug-likeness (QED) is 0.145. The Morgan fingerprint density at radius 3 is 2.48 bits per heavy atom. The molecule has 1 heterocycles. The molecule has 0 spiro atoms. The third kappa shape index (κ3) is 9.22. The maximum absolute atomic E-state index is 12.3. The lowest BCUT2D eigenvalue weighted by Crippen LogP contribution is -2.27. The van der Waals surface area contributed by atoms with Gasteiger partial charge in [0, 0.05) is 24.8 Å². The molecule has 0 unspecified atom stereocenters. The van der Waals surface area contributed by atoms with Gasteiger partial charge in [0.2, 0.25) is 0 Å². The molecular weight excluding hydrogens is 432 g/mol. The highest BCUT2D eigenvalue weighted by Gasteiger charge is 2.12. The highest BCUT2D eigenvalue weighted by atomic mass is 32.2. The Hall–Kier alpha value is -2.92. The fraction of sp³-hybridized carbons (Fsp3) is 0.480. The number of rotatable bonds is 13. The topological polar surface area (TPSA) is 94.3 Å². The largest absolute Gasteiger partial charge is 0.356 e. The number of amides is 1. The lowest BCUT2D eigenvalue weighted by molar-refractivity contribution is -0.118. The van der Waals surface area contributed by atoms with Crippen molar-refractivity contribution in [2.75, 3.05) is 23.7 Å². The molecular formula is C25H34N6OS. The van der Waals surface area contributed by atoms with E-state index in [1.807, 2.05) is 32.0 Å². The average Bonchev–Trinajstić information content (AvgIpc) is 2.83. The van der Waals surface area contributed by atoms with Crippen LogP contribution in [0.15, 0.2) is 40.6 Å². The summed E-state index contributed by atoms with van der Waals surface area (Å²) in [4.78, 5) is 23.9. The second-order valence-corrected chi connectivity index (χ2v) is 8.85. The molecule has 0 aliphatic heterocycles. The average molecular weight is 467 g/mol. The van der Waals surface area contributed by atoms with Gasteiger partial charge in [0.05, 0.1) is 23.1 Å². The van der Waals surface area contributed by atoms with E-state index in [1.165, 1.54) is 24.6 Å². The van der Waals surface area contributed by atoms with Crippen molar-refractivity contribution in [1.82, 2.24) is 15.4 Å². The summed E-state index contributed by atoms with van der Waals surface area (Å²) >= 11 is 1.31. The molecule has 0 saturated carbocycles. The maximum Gasteiger partial charge on any atom is 0.250 e. The van der Waals surface area contributed by atoms with Gasteiger partial charge in [-0.1, -0.05) is 57.0 Å². The van der Waals surface area contributed by atoms with Crippen molar-refractivity contribution < 1.29 is 4.79 Å². The van der Waals surface area contributed by atoms with Gasteiger partial charge < -0.3 is 4.90 Å². The lowest BCUT2D eigenvalue weighted by atomic mass is 10.1. The van der Waals surface area contributed by atoms with E-state index in [4.69, 9.17) is 10.2 Å². The van der Waals surface area contributed by atoms with Crippen LogP contribution in [-0.2, 0) is 4.79 Å². The predicted octanol–water partition coefficient (Wildman–Crippen LogP) is 5.09. The molecule has 0 saturated heterocycles. The fourth-order valence-electron chi connectivity index (χ4n) is 3.15.